The normalized spacial score (nSPS) is 12.5. The third-order valence-corrected chi connectivity index (χ3v) is 4.38. The van der Waals surface area contributed by atoms with Gasteiger partial charge in [0.15, 0.2) is 0 Å². The van der Waals surface area contributed by atoms with E-state index in [1.54, 1.807) is 18.2 Å². The number of aryl methyl sites for hydroxylation is 1. The van der Waals surface area contributed by atoms with Crippen LogP contribution in [0.3, 0.4) is 0 Å². The Morgan fingerprint density at radius 3 is 2.52 bits per heavy atom. The summed E-state index contributed by atoms with van der Waals surface area (Å²) >= 11 is 0. The summed E-state index contributed by atoms with van der Waals surface area (Å²) in [5, 5.41) is 2.90. The summed E-state index contributed by atoms with van der Waals surface area (Å²) in [6, 6.07) is 13.3. The van der Waals surface area contributed by atoms with E-state index in [2.05, 4.69) is 46.5 Å². The minimum absolute atomic E-state index is 0.0909. The molecule has 2 aromatic carbocycles. The molecule has 1 heterocycles. The van der Waals surface area contributed by atoms with Gasteiger partial charge in [0.05, 0.1) is 17.1 Å². The zero-order valence-corrected chi connectivity index (χ0v) is 14.6. The molecule has 0 saturated carbocycles. The van der Waals surface area contributed by atoms with Crippen LogP contribution in [0, 0.1) is 6.92 Å². The summed E-state index contributed by atoms with van der Waals surface area (Å²) in [6.45, 7) is 4.62. The number of fused-ring (bicyclic) bond motifs is 1. The Balaban J connectivity index is 1.66. The van der Waals surface area contributed by atoms with E-state index in [4.69, 9.17) is 0 Å². The Morgan fingerprint density at radius 2 is 1.80 bits per heavy atom. The molecule has 3 aromatic rings. The SMILES string of the molecule is Cc1ccc(CN(C)[C@@H](C)C(=O)Nc2ccc3[nH]c(=O)[nH]c3c2)cc1. The second-order valence-corrected chi connectivity index (χ2v) is 6.41. The van der Waals surface area contributed by atoms with Gasteiger partial charge in [-0.3, -0.25) is 9.69 Å². The summed E-state index contributed by atoms with van der Waals surface area (Å²) in [4.78, 5) is 31.2. The van der Waals surface area contributed by atoms with Gasteiger partial charge in [-0.2, -0.15) is 0 Å². The van der Waals surface area contributed by atoms with E-state index in [0.717, 1.165) is 0 Å². The number of aromatic amines is 2. The number of carbonyl (C=O) groups excluding carboxylic acids is 1. The highest BCUT2D eigenvalue weighted by Gasteiger charge is 2.18. The number of nitrogens with one attached hydrogen (secondary N) is 3. The fourth-order valence-corrected chi connectivity index (χ4v) is 2.68. The van der Waals surface area contributed by atoms with Gasteiger partial charge in [0.1, 0.15) is 0 Å². The Hall–Kier alpha value is -2.86. The fourth-order valence-electron chi connectivity index (χ4n) is 2.68. The fraction of sp³-hybridized carbons (Fsp3) is 0.263. The monoisotopic (exact) mass is 338 g/mol. The molecule has 6 nitrogen and oxygen atoms in total. The lowest BCUT2D eigenvalue weighted by atomic mass is 10.1. The van der Waals surface area contributed by atoms with E-state index < -0.39 is 0 Å². The Labute approximate surface area is 145 Å². The second-order valence-electron chi connectivity index (χ2n) is 6.41. The standard InChI is InChI=1S/C19H22N4O2/c1-12-4-6-14(7-5-12)11-23(3)13(2)18(24)20-15-8-9-16-17(10-15)22-19(25)21-16/h4-10,13H,11H2,1-3H3,(H,20,24)(H2,21,22,25)/t13-/m0/s1. The van der Waals surface area contributed by atoms with Gasteiger partial charge in [0.2, 0.25) is 5.91 Å². The number of imidazole rings is 1. The van der Waals surface area contributed by atoms with Crippen LogP contribution in [0.5, 0.6) is 0 Å². The first-order chi connectivity index (χ1) is 11.9. The smallest absolute Gasteiger partial charge is 0.323 e. The molecule has 0 bridgehead atoms. The van der Waals surface area contributed by atoms with Crippen LogP contribution in [0.4, 0.5) is 5.69 Å². The number of likely N-dealkylation sites (N-methyl/N-ethyl adjacent to an activating group) is 1. The van der Waals surface area contributed by atoms with Crippen LogP contribution in [0.2, 0.25) is 0 Å². The number of benzene rings is 2. The largest absolute Gasteiger partial charge is 0.325 e. The van der Waals surface area contributed by atoms with Crippen molar-refractivity contribution in [1.82, 2.24) is 14.9 Å². The molecule has 1 aromatic heterocycles. The average molecular weight is 338 g/mol. The Morgan fingerprint density at radius 1 is 1.12 bits per heavy atom. The second kappa shape index (κ2) is 6.94. The predicted octanol–water partition coefficient (Wildman–Crippen LogP) is 2.62. The first kappa shape index (κ1) is 17.0. The number of hydrogen-bond acceptors (Lipinski definition) is 3. The molecule has 130 valence electrons. The zero-order chi connectivity index (χ0) is 18.0. The lowest BCUT2D eigenvalue weighted by Gasteiger charge is -2.24. The summed E-state index contributed by atoms with van der Waals surface area (Å²) in [5.74, 6) is -0.0909. The predicted molar refractivity (Wildman–Crippen MR) is 99.7 cm³/mol. The van der Waals surface area contributed by atoms with Crippen molar-refractivity contribution in [3.63, 3.8) is 0 Å². The third-order valence-electron chi connectivity index (χ3n) is 4.38. The van der Waals surface area contributed by atoms with E-state index in [0.29, 0.717) is 23.3 Å². The van der Waals surface area contributed by atoms with Crippen molar-refractivity contribution in [1.29, 1.82) is 0 Å². The number of H-pyrrole nitrogens is 2. The number of rotatable bonds is 5. The number of carbonyl (C=O) groups is 1. The van der Waals surface area contributed by atoms with E-state index in [1.807, 2.05) is 18.9 Å². The van der Waals surface area contributed by atoms with Crippen molar-refractivity contribution in [3.8, 4) is 0 Å². The molecule has 1 atom stereocenters. The lowest BCUT2D eigenvalue weighted by Crippen LogP contribution is -2.39. The summed E-state index contributed by atoms with van der Waals surface area (Å²) < 4.78 is 0. The van der Waals surface area contributed by atoms with Crippen molar-refractivity contribution in [2.45, 2.75) is 26.4 Å². The molecule has 0 spiro atoms. The first-order valence-electron chi connectivity index (χ1n) is 8.21. The van der Waals surface area contributed by atoms with Gasteiger partial charge in [0.25, 0.3) is 0 Å². The van der Waals surface area contributed by atoms with Gasteiger partial charge in [0, 0.05) is 12.2 Å². The average Bonchev–Trinajstić information content (AvgIpc) is 2.95. The molecule has 3 N–H and O–H groups in total. The van der Waals surface area contributed by atoms with E-state index >= 15 is 0 Å². The van der Waals surface area contributed by atoms with Crippen LogP contribution in [-0.4, -0.2) is 33.9 Å². The van der Waals surface area contributed by atoms with Crippen molar-refractivity contribution in [3.05, 3.63) is 64.1 Å². The van der Waals surface area contributed by atoms with Crippen molar-refractivity contribution in [2.75, 3.05) is 12.4 Å². The van der Waals surface area contributed by atoms with Gasteiger partial charge < -0.3 is 15.3 Å². The topological polar surface area (TPSA) is 81.0 Å². The lowest BCUT2D eigenvalue weighted by molar-refractivity contribution is -0.120. The number of amides is 1. The van der Waals surface area contributed by atoms with Crippen LogP contribution >= 0.6 is 0 Å². The van der Waals surface area contributed by atoms with Gasteiger partial charge in [-0.1, -0.05) is 29.8 Å². The van der Waals surface area contributed by atoms with Crippen LogP contribution in [0.25, 0.3) is 11.0 Å². The van der Waals surface area contributed by atoms with Crippen LogP contribution in [0.15, 0.2) is 47.3 Å². The minimum Gasteiger partial charge on any atom is -0.325 e. The van der Waals surface area contributed by atoms with Crippen molar-refractivity contribution >= 4 is 22.6 Å². The number of nitrogens with zero attached hydrogens (tertiary/aromatic N) is 1. The Kier molecular flexibility index (Phi) is 4.72. The molecule has 3 rings (SSSR count). The molecule has 6 heteroatoms. The highest BCUT2D eigenvalue weighted by Crippen LogP contribution is 2.16. The van der Waals surface area contributed by atoms with E-state index in [9.17, 15) is 9.59 Å². The van der Waals surface area contributed by atoms with Crippen molar-refractivity contribution < 1.29 is 4.79 Å². The highest BCUT2D eigenvalue weighted by atomic mass is 16.2. The maximum Gasteiger partial charge on any atom is 0.323 e. The molecule has 0 saturated heterocycles. The molecule has 0 aliphatic carbocycles. The molecule has 0 aliphatic heterocycles. The number of anilines is 1. The molecular formula is C19H22N4O2. The maximum atomic E-state index is 12.5. The third kappa shape index (κ3) is 3.97. The highest BCUT2D eigenvalue weighted by molar-refractivity contribution is 5.96. The van der Waals surface area contributed by atoms with Crippen molar-refractivity contribution in [2.24, 2.45) is 0 Å². The molecule has 1 amide bonds. The van der Waals surface area contributed by atoms with E-state index in [1.165, 1.54) is 11.1 Å². The zero-order valence-electron chi connectivity index (χ0n) is 14.6. The summed E-state index contributed by atoms with van der Waals surface area (Å²) in [5.41, 5.74) is 4.17. The Bertz CT molecular complexity index is 940. The molecule has 0 fully saturated rings. The molecule has 0 radical (unpaired) electrons. The number of aromatic nitrogens is 2. The summed E-state index contributed by atoms with van der Waals surface area (Å²) in [7, 11) is 1.93. The number of hydrogen-bond donors (Lipinski definition) is 3. The first-order valence-corrected chi connectivity index (χ1v) is 8.21. The van der Waals surface area contributed by atoms with Crippen LogP contribution < -0.4 is 11.0 Å². The molecule has 0 aliphatic rings. The van der Waals surface area contributed by atoms with E-state index in [-0.39, 0.29) is 17.6 Å². The van der Waals surface area contributed by atoms with Gasteiger partial charge in [-0.15, -0.1) is 0 Å². The molecular weight excluding hydrogens is 316 g/mol. The quantitative estimate of drug-likeness (QED) is 0.669. The van der Waals surface area contributed by atoms with Gasteiger partial charge in [-0.05, 0) is 44.7 Å². The van der Waals surface area contributed by atoms with Gasteiger partial charge >= 0.3 is 5.69 Å². The summed E-state index contributed by atoms with van der Waals surface area (Å²) in [6.07, 6.45) is 0. The maximum absolute atomic E-state index is 12.5. The minimum atomic E-state index is -0.290. The van der Waals surface area contributed by atoms with Gasteiger partial charge in [-0.25, -0.2) is 4.79 Å². The molecule has 25 heavy (non-hydrogen) atoms. The van der Waals surface area contributed by atoms with Crippen LogP contribution in [-0.2, 0) is 11.3 Å². The molecule has 0 unspecified atom stereocenters. The van der Waals surface area contributed by atoms with Crippen LogP contribution in [0.1, 0.15) is 18.1 Å².